The maximum Gasteiger partial charge on any atom is 0.150 e. The first kappa shape index (κ1) is 8.65. The first-order valence-corrected chi connectivity index (χ1v) is 4.60. The number of β-amino-alcohol motifs (C(OH)–C–C–N with tert-alkyl or cyclic N) is 1. The first-order valence-electron chi connectivity index (χ1n) is 4.60. The molecule has 0 aliphatic carbocycles. The highest BCUT2D eigenvalue weighted by Crippen LogP contribution is 2.20. The van der Waals surface area contributed by atoms with Crippen molar-refractivity contribution in [2.24, 2.45) is 0 Å². The van der Waals surface area contributed by atoms with E-state index < -0.39 is 0 Å². The van der Waals surface area contributed by atoms with Crippen molar-refractivity contribution >= 4 is 0 Å². The summed E-state index contributed by atoms with van der Waals surface area (Å²) in [6.07, 6.45) is 2.22. The predicted molar refractivity (Wildman–Crippen MR) is 47.1 cm³/mol. The Balaban J connectivity index is 2.16. The summed E-state index contributed by atoms with van der Waals surface area (Å²) in [7, 11) is 0. The van der Waals surface area contributed by atoms with Crippen LogP contribution in [0.25, 0.3) is 0 Å². The van der Waals surface area contributed by atoms with Crippen molar-refractivity contribution in [3.05, 3.63) is 12.2 Å². The van der Waals surface area contributed by atoms with Gasteiger partial charge < -0.3 is 15.0 Å². The van der Waals surface area contributed by atoms with Crippen LogP contribution < -0.4 is 5.32 Å². The molecular weight excluding hydrogens is 168 g/mol. The second-order valence-corrected chi connectivity index (χ2v) is 3.33. The van der Waals surface area contributed by atoms with Crippen molar-refractivity contribution in [3.8, 4) is 0 Å². The van der Waals surface area contributed by atoms with Crippen LogP contribution in [0.5, 0.6) is 0 Å². The van der Waals surface area contributed by atoms with E-state index in [-0.39, 0.29) is 12.1 Å². The van der Waals surface area contributed by atoms with E-state index in [1.807, 2.05) is 4.57 Å². The molecule has 2 N–H and O–H groups in total. The lowest BCUT2D eigenvalue weighted by Crippen LogP contribution is -2.18. The van der Waals surface area contributed by atoms with Crippen LogP contribution in [-0.2, 0) is 6.54 Å². The zero-order valence-corrected chi connectivity index (χ0v) is 7.64. The van der Waals surface area contributed by atoms with E-state index in [2.05, 4.69) is 22.4 Å². The van der Waals surface area contributed by atoms with Crippen molar-refractivity contribution in [1.29, 1.82) is 0 Å². The summed E-state index contributed by atoms with van der Waals surface area (Å²) in [6.45, 7) is 3.58. The van der Waals surface area contributed by atoms with Gasteiger partial charge in [-0.3, -0.25) is 0 Å². The van der Waals surface area contributed by atoms with Crippen LogP contribution in [-0.4, -0.2) is 32.5 Å². The molecule has 1 aromatic rings. The van der Waals surface area contributed by atoms with Crippen molar-refractivity contribution in [2.75, 3.05) is 6.54 Å². The molecule has 0 spiro atoms. The van der Waals surface area contributed by atoms with E-state index in [9.17, 15) is 5.11 Å². The molecule has 0 aromatic carbocycles. The van der Waals surface area contributed by atoms with Crippen LogP contribution >= 0.6 is 0 Å². The van der Waals surface area contributed by atoms with Gasteiger partial charge in [0.25, 0.3) is 0 Å². The standard InChI is InChI=1S/C8H14N4O/c1-2-12-5-10-11-8(12)7-3-6(13)4-9-7/h5-7,9,13H,2-4H2,1H3/t6?,7-/m0/s1. The van der Waals surface area contributed by atoms with Gasteiger partial charge in [-0.1, -0.05) is 0 Å². The van der Waals surface area contributed by atoms with E-state index in [0.29, 0.717) is 6.54 Å². The Labute approximate surface area is 76.8 Å². The van der Waals surface area contributed by atoms with Crippen molar-refractivity contribution in [1.82, 2.24) is 20.1 Å². The van der Waals surface area contributed by atoms with Crippen molar-refractivity contribution in [3.63, 3.8) is 0 Å². The third-order valence-corrected chi connectivity index (χ3v) is 2.41. The Morgan fingerprint density at radius 1 is 1.77 bits per heavy atom. The molecule has 2 heterocycles. The molecule has 1 aromatic heterocycles. The van der Waals surface area contributed by atoms with Crippen molar-refractivity contribution < 1.29 is 5.11 Å². The molecule has 0 amide bonds. The van der Waals surface area contributed by atoms with Gasteiger partial charge in [-0.2, -0.15) is 0 Å². The molecule has 1 unspecified atom stereocenters. The van der Waals surface area contributed by atoms with E-state index in [0.717, 1.165) is 18.8 Å². The number of rotatable bonds is 2. The van der Waals surface area contributed by atoms with E-state index >= 15 is 0 Å². The van der Waals surface area contributed by atoms with Crippen LogP contribution in [0.4, 0.5) is 0 Å². The molecular formula is C8H14N4O. The maximum absolute atomic E-state index is 9.34. The summed E-state index contributed by atoms with van der Waals surface area (Å²) in [6, 6.07) is 0.164. The summed E-state index contributed by atoms with van der Waals surface area (Å²) < 4.78 is 2.00. The van der Waals surface area contributed by atoms with Gasteiger partial charge in [0.15, 0.2) is 0 Å². The summed E-state index contributed by atoms with van der Waals surface area (Å²) in [5.41, 5.74) is 0. The lowest BCUT2D eigenvalue weighted by atomic mass is 10.2. The van der Waals surface area contributed by atoms with E-state index in [1.165, 1.54) is 0 Å². The molecule has 2 atom stereocenters. The second kappa shape index (κ2) is 3.43. The minimum absolute atomic E-state index is 0.164. The lowest BCUT2D eigenvalue weighted by Gasteiger charge is -2.09. The minimum Gasteiger partial charge on any atom is -0.392 e. The Kier molecular flexibility index (Phi) is 2.28. The molecule has 0 saturated carbocycles. The molecule has 1 saturated heterocycles. The lowest BCUT2D eigenvalue weighted by molar-refractivity contribution is 0.192. The monoisotopic (exact) mass is 182 g/mol. The quantitative estimate of drug-likeness (QED) is 0.658. The fourth-order valence-electron chi connectivity index (χ4n) is 1.69. The second-order valence-electron chi connectivity index (χ2n) is 3.33. The van der Waals surface area contributed by atoms with Crippen LogP contribution in [0.1, 0.15) is 25.2 Å². The Bertz CT molecular complexity index is 285. The summed E-state index contributed by atoms with van der Waals surface area (Å²) in [5, 5.41) is 20.4. The van der Waals surface area contributed by atoms with Crippen LogP contribution in [0.15, 0.2) is 6.33 Å². The van der Waals surface area contributed by atoms with Gasteiger partial charge in [-0.15, -0.1) is 10.2 Å². The molecule has 1 aliphatic rings. The molecule has 0 bridgehead atoms. The highest BCUT2D eigenvalue weighted by Gasteiger charge is 2.26. The maximum atomic E-state index is 9.34. The molecule has 2 rings (SSSR count). The van der Waals surface area contributed by atoms with Crippen LogP contribution in [0.2, 0.25) is 0 Å². The van der Waals surface area contributed by atoms with Gasteiger partial charge in [-0.05, 0) is 13.3 Å². The summed E-state index contributed by atoms with van der Waals surface area (Å²) >= 11 is 0. The number of aliphatic hydroxyl groups is 1. The number of hydrogen-bond acceptors (Lipinski definition) is 4. The summed E-state index contributed by atoms with van der Waals surface area (Å²) in [4.78, 5) is 0. The highest BCUT2D eigenvalue weighted by atomic mass is 16.3. The van der Waals surface area contributed by atoms with E-state index in [4.69, 9.17) is 0 Å². The zero-order valence-electron chi connectivity index (χ0n) is 7.64. The number of aliphatic hydroxyl groups excluding tert-OH is 1. The largest absolute Gasteiger partial charge is 0.392 e. The molecule has 5 nitrogen and oxygen atoms in total. The SMILES string of the molecule is CCn1cnnc1[C@@H]1CC(O)CN1. The Hall–Kier alpha value is -0.940. The molecule has 72 valence electrons. The van der Waals surface area contributed by atoms with Gasteiger partial charge in [0.05, 0.1) is 12.1 Å². The normalized spacial score (nSPS) is 28.2. The highest BCUT2D eigenvalue weighted by molar-refractivity contribution is 4.99. The van der Waals surface area contributed by atoms with E-state index in [1.54, 1.807) is 6.33 Å². The third kappa shape index (κ3) is 1.57. The van der Waals surface area contributed by atoms with Gasteiger partial charge in [0, 0.05) is 13.1 Å². The summed E-state index contributed by atoms with van der Waals surface area (Å²) in [5.74, 6) is 0.930. The number of nitrogens with one attached hydrogen (secondary N) is 1. The zero-order chi connectivity index (χ0) is 9.26. The third-order valence-electron chi connectivity index (χ3n) is 2.41. The van der Waals surface area contributed by atoms with Crippen LogP contribution in [0.3, 0.4) is 0 Å². The predicted octanol–water partition coefficient (Wildman–Crippen LogP) is -0.307. The first-order chi connectivity index (χ1) is 6.31. The molecule has 0 radical (unpaired) electrons. The number of hydrogen-bond donors (Lipinski definition) is 2. The number of nitrogens with zero attached hydrogens (tertiary/aromatic N) is 3. The number of aromatic nitrogens is 3. The number of aryl methyl sites for hydroxylation is 1. The minimum atomic E-state index is -0.244. The fourth-order valence-corrected chi connectivity index (χ4v) is 1.69. The fraction of sp³-hybridized carbons (Fsp3) is 0.750. The molecule has 5 heteroatoms. The van der Waals surface area contributed by atoms with Crippen LogP contribution in [0, 0.1) is 0 Å². The van der Waals surface area contributed by atoms with Gasteiger partial charge in [-0.25, -0.2) is 0 Å². The molecule has 1 fully saturated rings. The average molecular weight is 182 g/mol. The smallest absolute Gasteiger partial charge is 0.150 e. The topological polar surface area (TPSA) is 63.0 Å². The van der Waals surface area contributed by atoms with Crippen molar-refractivity contribution in [2.45, 2.75) is 32.0 Å². The van der Waals surface area contributed by atoms with Gasteiger partial charge >= 0.3 is 0 Å². The average Bonchev–Trinajstić information content (AvgIpc) is 2.71. The molecule has 13 heavy (non-hydrogen) atoms. The Morgan fingerprint density at radius 3 is 3.23 bits per heavy atom. The Morgan fingerprint density at radius 2 is 2.62 bits per heavy atom. The molecule has 1 aliphatic heterocycles. The van der Waals surface area contributed by atoms with Gasteiger partial charge in [0.1, 0.15) is 12.2 Å². The van der Waals surface area contributed by atoms with Gasteiger partial charge in [0.2, 0.25) is 0 Å².